The van der Waals surface area contributed by atoms with E-state index < -0.39 is 5.97 Å². The molecule has 4 heteroatoms. The Bertz CT molecular complexity index is 642. The zero-order chi connectivity index (χ0) is 13.0. The smallest absolute Gasteiger partial charge is 0.337 e. The van der Waals surface area contributed by atoms with Crippen LogP contribution in [0.15, 0.2) is 42.6 Å². The average Bonchev–Trinajstić information content (AvgIpc) is 2.38. The van der Waals surface area contributed by atoms with Gasteiger partial charge in [-0.15, -0.1) is 0 Å². The molecule has 0 atom stereocenters. The molecule has 2 aromatic rings. The Morgan fingerprint density at radius 3 is 2.67 bits per heavy atom. The lowest BCUT2D eigenvalue weighted by molar-refractivity contribution is 0.0697. The van der Waals surface area contributed by atoms with Gasteiger partial charge in [-0.25, -0.2) is 9.78 Å². The minimum Gasteiger partial charge on any atom is -0.478 e. The minimum atomic E-state index is -1.07. The van der Waals surface area contributed by atoms with Crippen molar-refractivity contribution in [2.45, 2.75) is 0 Å². The Balaban J connectivity index is 2.39. The lowest BCUT2D eigenvalue weighted by Gasteiger charge is -2.00. The third-order valence-corrected chi connectivity index (χ3v) is 2.63. The maximum absolute atomic E-state index is 10.9. The van der Waals surface area contributed by atoms with E-state index >= 15 is 0 Å². The lowest BCUT2D eigenvalue weighted by Crippen LogP contribution is -1.98. The van der Waals surface area contributed by atoms with Gasteiger partial charge in [0.2, 0.25) is 0 Å². The first-order chi connectivity index (χ1) is 8.68. The van der Waals surface area contributed by atoms with Crippen molar-refractivity contribution in [1.29, 1.82) is 0 Å². The third kappa shape index (κ3) is 2.68. The van der Waals surface area contributed by atoms with Crippen LogP contribution >= 0.6 is 11.6 Å². The second-order valence-corrected chi connectivity index (χ2v) is 3.82. The van der Waals surface area contributed by atoms with Gasteiger partial charge in [0.15, 0.2) is 0 Å². The van der Waals surface area contributed by atoms with Gasteiger partial charge in [-0.2, -0.15) is 0 Å². The van der Waals surface area contributed by atoms with Crippen molar-refractivity contribution in [3.05, 3.63) is 64.4 Å². The van der Waals surface area contributed by atoms with E-state index in [1.807, 2.05) is 6.07 Å². The van der Waals surface area contributed by atoms with Gasteiger partial charge in [0.25, 0.3) is 0 Å². The van der Waals surface area contributed by atoms with Crippen molar-refractivity contribution in [1.82, 2.24) is 4.98 Å². The summed E-state index contributed by atoms with van der Waals surface area (Å²) in [4.78, 5) is 15.0. The van der Waals surface area contributed by atoms with Crippen molar-refractivity contribution < 1.29 is 9.90 Å². The zero-order valence-electron chi connectivity index (χ0n) is 9.22. The van der Waals surface area contributed by atoms with E-state index in [0.717, 1.165) is 0 Å². The van der Waals surface area contributed by atoms with Crippen LogP contribution in [0.2, 0.25) is 5.02 Å². The summed E-state index contributed by atoms with van der Waals surface area (Å²) in [5, 5.41) is 9.08. The van der Waals surface area contributed by atoms with Crippen molar-refractivity contribution in [3.63, 3.8) is 0 Å². The second-order valence-electron chi connectivity index (χ2n) is 3.44. The Morgan fingerprint density at radius 2 is 2.00 bits per heavy atom. The molecule has 1 aromatic heterocycles. The van der Waals surface area contributed by atoms with E-state index in [1.165, 1.54) is 6.07 Å². The topological polar surface area (TPSA) is 50.2 Å². The van der Waals surface area contributed by atoms with Gasteiger partial charge in [0, 0.05) is 11.8 Å². The Kier molecular flexibility index (Phi) is 3.61. The van der Waals surface area contributed by atoms with Crippen LogP contribution in [-0.4, -0.2) is 16.1 Å². The summed E-state index contributed by atoms with van der Waals surface area (Å²) in [6.45, 7) is 0. The van der Waals surface area contributed by atoms with E-state index in [4.69, 9.17) is 16.7 Å². The highest BCUT2D eigenvalue weighted by Gasteiger charge is 2.10. The Morgan fingerprint density at radius 1 is 1.17 bits per heavy atom. The molecular formula is C14H8ClNO2. The van der Waals surface area contributed by atoms with Crippen LogP contribution in [-0.2, 0) is 0 Å². The molecule has 0 fully saturated rings. The van der Waals surface area contributed by atoms with E-state index in [0.29, 0.717) is 11.3 Å². The molecule has 0 aliphatic rings. The molecule has 1 N–H and O–H groups in total. The minimum absolute atomic E-state index is 0.0458. The number of aromatic carboxylic acids is 1. The molecule has 2 rings (SSSR count). The summed E-state index contributed by atoms with van der Waals surface area (Å²) in [5.74, 6) is 4.58. The van der Waals surface area contributed by atoms with Crippen LogP contribution in [0.4, 0.5) is 0 Å². The molecular weight excluding hydrogens is 250 g/mol. The molecule has 0 bridgehead atoms. The number of pyridine rings is 1. The fourth-order valence-electron chi connectivity index (χ4n) is 1.36. The van der Waals surface area contributed by atoms with Crippen molar-refractivity contribution in [2.24, 2.45) is 0 Å². The molecule has 88 valence electrons. The summed E-state index contributed by atoms with van der Waals surface area (Å²) in [6.07, 6.45) is 1.64. The molecule has 0 amide bonds. The molecule has 0 unspecified atom stereocenters. The van der Waals surface area contributed by atoms with Crippen molar-refractivity contribution in [3.8, 4) is 11.8 Å². The monoisotopic (exact) mass is 257 g/mol. The molecule has 1 aromatic carbocycles. The van der Waals surface area contributed by atoms with Crippen molar-refractivity contribution >= 4 is 17.6 Å². The SMILES string of the molecule is O=C(O)c1cccc(C#Cc2ccccn2)c1Cl. The summed E-state index contributed by atoms with van der Waals surface area (Å²) in [7, 11) is 0. The van der Waals surface area contributed by atoms with Crippen LogP contribution in [0, 0.1) is 11.8 Å². The average molecular weight is 258 g/mol. The first kappa shape index (κ1) is 12.2. The second kappa shape index (κ2) is 5.35. The highest BCUT2D eigenvalue weighted by atomic mass is 35.5. The Labute approximate surface area is 109 Å². The number of halogens is 1. The van der Waals surface area contributed by atoms with Gasteiger partial charge >= 0.3 is 5.97 Å². The number of nitrogens with zero attached hydrogens (tertiary/aromatic N) is 1. The summed E-state index contributed by atoms with van der Waals surface area (Å²) < 4.78 is 0. The van der Waals surface area contributed by atoms with Crippen molar-refractivity contribution in [2.75, 3.05) is 0 Å². The molecule has 0 saturated heterocycles. The molecule has 0 aliphatic carbocycles. The molecule has 18 heavy (non-hydrogen) atoms. The van der Waals surface area contributed by atoms with E-state index in [2.05, 4.69) is 16.8 Å². The largest absolute Gasteiger partial charge is 0.478 e. The summed E-state index contributed by atoms with van der Waals surface area (Å²) in [6, 6.07) is 10.1. The number of hydrogen-bond donors (Lipinski definition) is 1. The predicted molar refractivity (Wildman–Crippen MR) is 68.6 cm³/mol. The molecule has 0 spiro atoms. The number of benzene rings is 1. The highest BCUT2D eigenvalue weighted by molar-refractivity contribution is 6.34. The molecule has 0 saturated carbocycles. The first-order valence-electron chi connectivity index (χ1n) is 5.13. The maximum atomic E-state index is 10.9. The third-order valence-electron chi connectivity index (χ3n) is 2.22. The zero-order valence-corrected chi connectivity index (χ0v) is 9.98. The Hall–Kier alpha value is -2.31. The first-order valence-corrected chi connectivity index (χ1v) is 5.51. The number of rotatable bonds is 1. The fourth-order valence-corrected chi connectivity index (χ4v) is 1.62. The van der Waals surface area contributed by atoms with Gasteiger partial charge in [-0.1, -0.05) is 29.7 Å². The maximum Gasteiger partial charge on any atom is 0.337 e. The van der Waals surface area contributed by atoms with Crippen LogP contribution in [0.3, 0.4) is 0 Å². The van der Waals surface area contributed by atoms with Gasteiger partial charge in [-0.05, 0) is 30.2 Å². The van der Waals surface area contributed by atoms with Gasteiger partial charge in [0.05, 0.1) is 10.6 Å². The summed E-state index contributed by atoms with van der Waals surface area (Å²) >= 11 is 5.97. The number of hydrogen-bond acceptors (Lipinski definition) is 2. The van der Waals surface area contributed by atoms with E-state index in [9.17, 15) is 4.79 Å². The number of carbonyl (C=O) groups is 1. The highest BCUT2D eigenvalue weighted by Crippen LogP contribution is 2.20. The van der Waals surface area contributed by atoms with E-state index in [1.54, 1.807) is 30.5 Å². The normalized spacial score (nSPS) is 9.39. The van der Waals surface area contributed by atoms with Crippen LogP contribution in [0.25, 0.3) is 0 Å². The molecule has 0 aliphatic heterocycles. The van der Waals surface area contributed by atoms with Gasteiger partial charge in [0.1, 0.15) is 5.69 Å². The standard InChI is InChI=1S/C14H8ClNO2/c15-13-10(4-3-6-12(13)14(17)18)7-8-11-5-1-2-9-16-11/h1-6,9H,(H,17,18). The number of aromatic nitrogens is 1. The van der Waals surface area contributed by atoms with Gasteiger partial charge in [-0.3, -0.25) is 0 Å². The van der Waals surface area contributed by atoms with Crippen LogP contribution < -0.4 is 0 Å². The number of carboxylic acid groups (broad SMARTS) is 1. The molecule has 0 radical (unpaired) electrons. The van der Waals surface area contributed by atoms with E-state index in [-0.39, 0.29) is 10.6 Å². The molecule has 1 heterocycles. The lowest BCUT2D eigenvalue weighted by atomic mass is 10.1. The van der Waals surface area contributed by atoms with Crippen LogP contribution in [0.1, 0.15) is 21.6 Å². The molecule has 3 nitrogen and oxygen atoms in total. The van der Waals surface area contributed by atoms with Crippen LogP contribution in [0.5, 0.6) is 0 Å². The summed E-state index contributed by atoms with van der Waals surface area (Å²) in [5.41, 5.74) is 1.13. The predicted octanol–water partition coefficient (Wildman–Crippen LogP) is 2.83. The van der Waals surface area contributed by atoms with Gasteiger partial charge < -0.3 is 5.11 Å². The number of carboxylic acids is 1. The fraction of sp³-hybridized carbons (Fsp3) is 0. The quantitative estimate of drug-likeness (QED) is 0.799.